The number of nitrogens with zero attached hydrogens (tertiary/aromatic N) is 1. The summed E-state index contributed by atoms with van der Waals surface area (Å²) in [7, 11) is 0. The smallest absolute Gasteiger partial charge is 0.0620 e. The maximum Gasteiger partial charge on any atom is 0.0620 e. The minimum absolute atomic E-state index is 0.398. The van der Waals surface area contributed by atoms with Crippen LogP contribution < -0.4 is 5.32 Å². The van der Waals surface area contributed by atoms with Crippen LogP contribution in [0.25, 0.3) is 0 Å². The SMILES string of the molecule is CC(C)C(NC1CCOC1)c1ccncc1. The summed E-state index contributed by atoms with van der Waals surface area (Å²) in [5.74, 6) is 0.572. The second-order valence-electron chi connectivity index (χ2n) is 4.73. The Kier molecular flexibility index (Phi) is 3.91. The van der Waals surface area contributed by atoms with E-state index >= 15 is 0 Å². The molecule has 2 atom stereocenters. The largest absolute Gasteiger partial charge is 0.380 e. The quantitative estimate of drug-likeness (QED) is 0.844. The average molecular weight is 220 g/mol. The van der Waals surface area contributed by atoms with Crippen LogP contribution in [0.5, 0.6) is 0 Å². The minimum Gasteiger partial charge on any atom is -0.380 e. The topological polar surface area (TPSA) is 34.1 Å². The third-order valence-corrected chi connectivity index (χ3v) is 3.08. The van der Waals surface area contributed by atoms with Gasteiger partial charge in [0.05, 0.1) is 6.61 Å². The highest BCUT2D eigenvalue weighted by atomic mass is 16.5. The van der Waals surface area contributed by atoms with Gasteiger partial charge in [0.25, 0.3) is 0 Å². The molecular weight excluding hydrogens is 200 g/mol. The molecule has 2 heterocycles. The van der Waals surface area contributed by atoms with Crippen molar-refractivity contribution < 1.29 is 4.74 Å². The zero-order valence-corrected chi connectivity index (χ0v) is 10.0. The lowest BCUT2D eigenvalue weighted by Crippen LogP contribution is -2.35. The molecule has 0 radical (unpaired) electrons. The van der Waals surface area contributed by atoms with E-state index in [1.54, 1.807) is 0 Å². The van der Waals surface area contributed by atoms with Crippen molar-refractivity contribution in [3.63, 3.8) is 0 Å². The van der Waals surface area contributed by atoms with E-state index in [9.17, 15) is 0 Å². The van der Waals surface area contributed by atoms with Gasteiger partial charge in [-0.15, -0.1) is 0 Å². The predicted octanol–water partition coefficient (Wildman–Crippen LogP) is 2.16. The number of nitrogens with one attached hydrogen (secondary N) is 1. The van der Waals surface area contributed by atoms with Crippen molar-refractivity contribution in [1.82, 2.24) is 10.3 Å². The zero-order valence-electron chi connectivity index (χ0n) is 10.0. The Balaban J connectivity index is 2.05. The first-order valence-corrected chi connectivity index (χ1v) is 6.01. The maximum absolute atomic E-state index is 5.40. The molecule has 1 aliphatic heterocycles. The molecule has 1 aromatic heterocycles. The first-order valence-electron chi connectivity index (χ1n) is 6.01. The van der Waals surface area contributed by atoms with Gasteiger partial charge in [-0.05, 0) is 30.0 Å². The second kappa shape index (κ2) is 5.41. The number of hydrogen-bond donors (Lipinski definition) is 1. The Labute approximate surface area is 97.2 Å². The highest BCUT2D eigenvalue weighted by Gasteiger charge is 2.22. The summed E-state index contributed by atoms with van der Waals surface area (Å²) in [6, 6.07) is 5.08. The first kappa shape index (κ1) is 11.6. The van der Waals surface area contributed by atoms with Crippen molar-refractivity contribution in [2.75, 3.05) is 13.2 Å². The van der Waals surface area contributed by atoms with Gasteiger partial charge in [0, 0.05) is 31.1 Å². The number of hydrogen-bond acceptors (Lipinski definition) is 3. The zero-order chi connectivity index (χ0) is 11.4. The van der Waals surface area contributed by atoms with Crippen molar-refractivity contribution in [2.24, 2.45) is 5.92 Å². The molecule has 2 unspecified atom stereocenters. The number of rotatable bonds is 4. The molecule has 0 bridgehead atoms. The molecule has 1 saturated heterocycles. The van der Waals surface area contributed by atoms with E-state index in [1.165, 1.54) is 5.56 Å². The van der Waals surface area contributed by atoms with E-state index < -0.39 is 0 Å². The number of aromatic nitrogens is 1. The first-order chi connectivity index (χ1) is 7.77. The van der Waals surface area contributed by atoms with E-state index in [1.807, 2.05) is 12.4 Å². The van der Waals surface area contributed by atoms with E-state index in [0.717, 1.165) is 19.6 Å². The van der Waals surface area contributed by atoms with Gasteiger partial charge >= 0.3 is 0 Å². The maximum atomic E-state index is 5.40. The molecule has 0 spiro atoms. The fourth-order valence-electron chi connectivity index (χ4n) is 2.16. The third kappa shape index (κ3) is 2.80. The predicted molar refractivity (Wildman–Crippen MR) is 64.2 cm³/mol. The Hall–Kier alpha value is -0.930. The highest BCUT2D eigenvalue weighted by Crippen LogP contribution is 2.22. The van der Waals surface area contributed by atoms with Gasteiger partial charge in [0.2, 0.25) is 0 Å². The molecule has 1 aliphatic rings. The van der Waals surface area contributed by atoms with Crippen LogP contribution in [0.4, 0.5) is 0 Å². The van der Waals surface area contributed by atoms with Crippen LogP contribution in [0.15, 0.2) is 24.5 Å². The monoisotopic (exact) mass is 220 g/mol. The normalized spacial score (nSPS) is 22.6. The Bertz CT molecular complexity index is 307. The number of pyridine rings is 1. The van der Waals surface area contributed by atoms with Crippen LogP contribution in [0.3, 0.4) is 0 Å². The van der Waals surface area contributed by atoms with Gasteiger partial charge in [-0.3, -0.25) is 4.98 Å². The van der Waals surface area contributed by atoms with Crippen LogP contribution in [0, 0.1) is 5.92 Å². The summed E-state index contributed by atoms with van der Waals surface area (Å²) in [4.78, 5) is 4.07. The molecule has 1 fully saturated rings. The summed E-state index contributed by atoms with van der Waals surface area (Å²) in [6.07, 6.45) is 4.84. The van der Waals surface area contributed by atoms with E-state index in [2.05, 4.69) is 36.3 Å². The highest BCUT2D eigenvalue weighted by molar-refractivity contribution is 5.16. The molecule has 0 saturated carbocycles. The molecular formula is C13H20N2O. The van der Waals surface area contributed by atoms with Gasteiger partial charge in [0.15, 0.2) is 0 Å². The van der Waals surface area contributed by atoms with Gasteiger partial charge < -0.3 is 10.1 Å². The van der Waals surface area contributed by atoms with Crippen molar-refractivity contribution in [1.29, 1.82) is 0 Å². The molecule has 1 N–H and O–H groups in total. The van der Waals surface area contributed by atoms with Crippen LogP contribution in [-0.2, 0) is 4.74 Å². The fourth-order valence-corrected chi connectivity index (χ4v) is 2.16. The van der Waals surface area contributed by atoms with Crippen LogP contribution in [0.1, 0.15) is 31.9 Å². The minimum atomic E-state index is 0.398. The summed E-state index contributed by atoms with van der Waals surface area (Å²) < 4.78 is 5.40. The average Bonchev–Trinajstić information content (AvgIpc) is 2.79. The molecule has 0 aliphatic carbocycles. The Morgan fingerprint density at radius 2 is 2.12 bits per heavy atom. The van der Waals surface area contributed by atoms with Crippen LogP contribution in [0.2, 0.25) is 0 Å². The summed E-state index contributed by atoms with van der Waals surface area (Å²) in [5.41, 5.74) is 1.32. The molecule has 2 rings (SSSR count). The van der Waals surface area contributed by atoms with Gasteiger partial charge in [-0.2, -0.15) is 0 Å². The van der Waals surface area contributed by atoms with E-state index in [-0.39, 0.29) is 0 Å². The van der Waals surface area contributed by atoms with Gasteiger partial charge in [-0.1, -0.05) is 13.8 Å². The number of ether oxygens (including phenoxy) is 1. The van der Waals surface area contributed by atoms with Crippen LogP contribution in [-0.4, -0.2) is 24.2 Å². The lowest BCUT2D eigenvalue weighted by Gasteiger charge is -2.26. The molecule has 0 amide bonds. The van der Waals surface area contributed by atoms with Crippen molar-refractivity contribution in [3.05, 3.63) is 30.1 Å². The lowest BCUT2D eigenvalue weighted by atomic mass is 9.96. The molecule has 0 aromatic carbocycles. The standard InChI is InChI=1S/C13H20N2O/c1-10(2)13(11-3-6-14-7-4-11)15-12-5-8-16-9-12/h3-4,6-7,10,12-13,15H,5,8-9H2,1-2H3. The lowest BCUT2D eigenvalue weighted by molar-refractivity contribution is 0.186. The molecule has 1 aromatic rings. The second-order valence-corrected chi connectivity index (χ2v) is 4.73. The van der Waals surface area contributed by atoms with Crippen molar-refractivity contribution in [3.8, 4) is 0 Å². The van der Waals surface area contributed by atoms with E-state index in [4.69, 9.17) is 4.74 Å². The Morgan fingerprint density at radius 3 is 2.69 bits per heavy atom. The molecule has 3 nitrogen and oxygen atoms in total. The Morgan fingerprint density at radius 1 is 1.38 bits per heavy atom. The fraction of sp³-hybridized carbons (Fsp3) is 0.615. The van der Waals surface area contributed by atoms with Crippen LogP contribution >= 0.6 is 0 Å². The summed E-state index contributed by atoms with van der Waals surface area (Å²) in [5, 5.41) is 3.68. The van der Waals surface area contributed by atoms with Crippen molar-refractivity contribution in [2.45, 2.75) is 32.4 Å². The van der Waals surface area contributed by atoms with Gasteiger partial charge in [0.1, 0.15) is 0 Å². The molecule has 16 heavy (non-hydrogen) atoms. The van der Waals surface area contributed by atoms with Gasteiger partial charge in [-0.25, -0.2) is 0 Å². The summed E-state index contributed by atoms with van der Waals surface area (Å²) >= 11 is 0. The molecule has 88 valence electrons. The molecule has 3 heteroatoms. The van der Waals surface area contributed by atoms with Crippen molar-refractivity contribution >= 4 is 0 Å². The van der Waals surface area contributed by atoms with E-state index in [0.29, 0.717) is 18.0 Å². The summed E-state index contributed by atoms with van der Waals surface area (Å²) in [6.45, 7) is 6.22. The third-order valence-electron chi connectivity index (χ3n) is 3.08.